The smallest absolute Gasteiger partial charge is 0.341 e. The summed E-state index contributed by atoms with van der Waals surface area (Å²) in [4.78, 5) is 20.8. The Morgan fingerprint density at radius 3 is 2.33 bits per heavy atom. The number of carboxylic acid groups (broad SMARTS) is 1. The summed E-state index contributed by atoms with van der Waals surface area (Å²) in [6, 6.07) is 6.53. The Hall–Kier alpha value is -2.04. The van der Waals surface area contributed by atoms with E-state index in [-0.39, 0.29) is 13.0 Å². The fraction of sp³-hybridized carbons (Fsp3) is 0.200. The first kappa shape index (κ1) is 11.0. The second-order valence-electron chi connectivity index (χ2n) is 2.97. The molecule has 1 aromatic carbocycles. The number of ether oxygens (including phenoxy) is 1. The van der Waals surface area contributed by atoms with Crippen molar-refractivity contribution in [2.75, 3.05) is 6.61 Å². The molecule has 1 aromatic rings. The molecule has 3 N–H and O–H groups in total. The van der Waals surface area contributed by atoms with Crippen molar-refractivity contribution in [1.29, 1.82) is 0 Å². The molecule has 0 unspecified atom stereocenters. The number of benzene rings is 1. The van der Waals surface area contributed by atoms with Crippen LogP contribution in [0.3, 0.4) is 0 Å². The Morgan fingerprint density at radius 1 is 1.27 bits per heavy atom. The van der Waals surface area contributed by atoms with E-state index in [2.05, 4.69) is 0 Å². The molecule has 0 fully saturated rings. The van der Waals surface area contributed by atoms with Gasteiger partial charge < -0.3 is 15.6 Å². The maximum Gasteiger partial charge on any atom is 0.341 e. The number of aliphatic carboxylic acids is 1. The lowest BCUT2D eigenvalue weighted by molar-refractivity contribution is -0.139. The van der Waals surface area contributed by atoms with Crippen molar-refractivity contribution in [2.24, 2.45) is 5.73 Å². The van der Waals surface area contributed by atoms with Crippen molar-refractivity contribution < 1.29 is 19.4 Å². The first-order valence-electron chi connectivity index (χ1n) is 4.30. The highest BCUT2D eigenvalue weighted by Crippen LogP contribution is 2.12. The van der Waals surface area contributed by atoms with Crippen molar-refractivity contribution >= 4 is 11.9 Å². The molecule has 0 heterocycles. The molecule has 0 atom stereocenters. The first-order valence-corrected chi connectivity index (χ1v) is 4.30. The lowest BCUT2D eigenvalue weighted by atomic mass is 10.1. The standard InChI is InChI=1S/C10H11NO4/c11-9(12)5-7-1-3-8(4-2-7)15-6-10(13)14/h1-4H,5-6H2,(H2,11,12)(H,13,14). The van der Waals surface area contributed by atoms with E-state index in [0.29, 0.717) is 5.75 Å². The van der Waals surface area contributed by atoms with E-state index in [1.54, 1.807) is 24.3 Å². The summed E-state index contributed by atoms with van der Waals surface area (Å²) in [5.41, 5.74) is 5.78. The van der Waals surface area contributed by atoms with Gasteiger partial charge in [-0.25, -0.2) is 4.79 Å². The van der Waals surface area contributed by atoms with Crippen LogP contribution in [-0.2, 0) is 16.0 Å². The SMILES string of the molecule is NC(=O)Cc1ccc(OCC(=O)O)cc1. The summed E-state index contributed by atoms with van der Waals surface area (Å²) in [5.74, 6) is -0.990. The van der Waals surface area contributed by atoms with Crippen LogP contribution < -0.4 is 10.5 Å². The van der Waals surface area contributed by atoms with Crippen LogP contribution in [-0.4, -0.2) is 23.6 Å². The zero-order valence-electron chi connectivity index (χ0n) is 7.97. The number of carbonyl (C=O) groups is 2. The molecule has 1 rings (SSSR count). The normalized spacial score (nSPS) is 9.60. The van der Waals surface area contributed by atoms with Gasteiger partial charge in [0.2, 0.25) is 5.91 Å². The Balaban J connectivity index is 2.56. The molecular formula is C10H11NO4. The van der Waals surface area contributed by atoms with E-state index in [4.69, 9.17) is 15.6 Å². The number of rotatable bonds is 5. The van der Waals surface area contributed by atoms with Crippen molar-refractivity contribution in [3.63, 3.8) is 0 Å². The first-order chi connectivity index (χ1) is 7.08. The van der Waals surface area contributed by atoms with E-state index in [9.17, 15) is 9.59 Å². The Bertz CT molecular complexity index is 358. The average molecular weight is 209 g/mol. The van der Waals surface area contributed by atoms with E-state index < -0.39 is 11.9 Å². The highest BCUT2D eigenvalue weighted by Gasteiger charge is 2.01. The van der Waals surface area contributed by atoms with Crippen molar-refractivity contribution in [3.05, 3.63) is 29.8 Å². The number of nitrogens with two attached hydrogens (primary N) is 1. The summed E-state index contributed by atoms with van der Waals surface area (Å²) >= 11 is 0. The predicted octanol–water partition coefficient (Wildman–Crippen LogP) is 0.178. The van der Waals surface area contributed by atoms with Crippen LogP contribution in [0.4, 0.5) is 0 Å². The zero-order chi connectivity index (χ0) is 11.3. The lowest BCUT2D eigenvalue weighted by Crippen LogP contribution is -2.13. The van der Waals surface area contributed by atoms with E-state index >= 15 is 0 Å². The van der Waals surface area contributed by atoms with Gasteiger partial charge in [-0.2, -0.15) is 0 Å². The molecule has 1 amide bonds. The quantitative estimate of drug-likeness (QED) is 0.723. The molecule has 0 aliphatic carbocycles. The second-order valence-corrected chi connectivity index (χ2v) is 2.97. The lowest BCUT2D eigenvalue weighted by Gasteiger charge is -2.03. The van der Waals surface area contributed by atoms with E-state index in [1.165, 1.54) is 0 Å². The third kappa shape index (κ3) is 4.12. The number of carbonyl (C=O) groups excluding carboxylic acids is 1. The zero-order valence-corrected chi connectivity index (χ0v) is 7.97. The minimum Gasteiger partial charge on any atom is -0.482 e. The molecule has 0 bridgehead atoms. The van der Waals surface area contributed by atoms with Crippen LogP contribution in [0.25, 0.3) is 0 Å². The van der Waals surface area contributed by atoms with Crippen LogP contribution in [0.1, 0.15) is 5.56 Å². The molecule has 5 heteroatoms. The maximum absolute atomic E-state index is 10.6. The molecule has 0 saturated heterocycles. The molecule has 15 heavy (non-hydrogen) atoms. The largest absolute Gasteiger partial charge is 0.482 e. The summed E-state index contributed by atoms with van der Waals surface area (Å²) in [6.45, 7) is -0.380. The predicted molar refractivity (Wildman–Crippen MR) is 52.5 cm³/mol. The molecule has 0 aliphatic rings. The summed E-state index contributed by atoms with van der Waals surface area (Å²) in [7, 11) is 0. The van der Waals surface area contributed by atoms with Crippen molar-refractivity contribution in [1.82, 2.24) is 0 Å². The Labute approximate surface area is 86.5 Å². The summed E-state index contributed by atoms with van der Waals surface area (Å²) in [5, 5.41) is 8.36. The Morgan fingerprint density at radius 2 is 1.87 bits per heavy atom. The van der Waals surface area contributed by atoms with Gasteiger partial charge in [-0.3, -0.25) is 4.79 Å². The van der Waals surface area contributed by atoms with Crippen molar-refractivity contribution in [2.45, 2.75) is 6.42 Å². The minimum atomic E-state index is -1.03. The van der Waals surface area contributed by atoms with Crippen LogP contribution in [0.15, 0.2) is 24.3 Å². The van der Waals surface area contributed by atoms with Gasteiger partial charge in [0.1, 0.15) is 5.75 Å². The topological polar surface area (TPSA) is 89.6 Å². The van der Waals surface area contributed by atoms with Gasteiger partial charge in [-0.1, -0.05) is 12.1 Å². The summed E-state index contributed by atoms with van der Waals surface area (Å²) in [6.07, 6.45) is 0.166. The van der Waals surface area contributed by atoms with Crippen LogP contribution in [0, 0.1) is 0 Å². The van der Waals surface area contributed by atoms with Gasteiger partial charge in [-0.15, -0.1) is 0 Å². The third-order valence-corrected chi connectivity index (χ3v) is 1.66. The van der Waals surface area contributed by atoms with Crippen LogP contribution >= 0.6 is 0 Å². The molecule has 80 valence electrons. The fourth-order valence-electron chi connectivity index (χ4n) is 1.05. The number of amides is 1. The number of hydrogen-bond donors (Lipinski definition) is 2. The van der Waals surface area contributed by atoms with Gasteiger partial charge in [0.15, 0.2) is 6.61 Å². The van der Waals surface area contributed by atoms with Crippen LogP contribution in [0.2, 0.25) is 0 Å². The minimum absolute atomic E-state index is 0.166. The molecule has 0 aliphatic heterocycles. The van der Waals surface area contributed by atoms with E-state index in [0.717, 1.165) is 5.56 Å². The number of carboxylic acids is 1. The van der Waals surface area contributed by atoms with Gasteiger partial charge >= 0.3 is 5.97 Å². The molecule has 0 aromatic heterocycles. The highest BCUT2D eigenvalue weighted by atomic mass is 16.5. The van der Waals surface area contributed by atoms with Gasteiger partial charge in [-0.05, 0) is 17.7 Å². The maximum atomic E-state index is 10.6. The average Bonchev–Trinajstić information content (AvgIpc) is 2.16. The second kappa shape index (κ2) is 4.99. The molecular weight excluding hydrogens is 198 g/mol. The molecule has 0 spiro atoms. The third-order valence-electron chi connectivity index (χ3n) is 1.66. The van der Waals surface area contributed by atoms with Gasteiger partial charge in [0.05, 0.1) is 6.42 Å². The highest BCUT2D eigenvalue weighted by molar-refractivity contribution is 5.76. The monoisotopic (exact) mass is 209 g/mol. The number of primary amides is 1. The van der Waals surface area contributed by atoms with E-state index in [1.807, 2.05) is 0 Å². The number of hydrogen-bond acceptors (Lipinski definition) is 3. The summed E-state index contributed by atoms with van der Waals surface area (Å²) < 4.78 is 4.91. The van der Waals surface area contributed by atoms with Crippen LogP contribution in [0.5, 0.6) is 5.75 Å². The molecule has 0 radical (unpaired) electrons. The molecule has 0 saturated carbocycles. The van der Waals surface area contributed by atoms with Crippen molar-refractivity contribution in [3.8, 4) is 5.75 Å². The fourth-order valence-corrected chi connectivity index (χ4v) is 1.05. The Kier molecular flexibility index (Phi) is 3.68. The van der Waals surface area contributed by atoms with Gasteiger partial charge in [0, 0.05) is 0 Å². The van der Waals surface area contributed by atoms with Gasteiger partial charge in [0.25, 0.3) is 0 Å². The molecule has 5 nitrogen and oxygen atoms in total.